The van der Waals surface area contributed by atoms with Crippen LogP contribution in [0.3, 0.4) is 0 Å². The normalized spacial score (nSPS) is 29.2. The van der Waals surface area contributed by atoms with Crippen molar-refractivity contribution in [3.63, 3.8) is 0 Å². The molecule has 0 aliphatic heterocycles. The van der Waals surface area contributed by atoms with E-state index in [0.717, 1.165) is 46.0 Å². The maximum absolute atomic E-state index is 6.30. The van der Waals surface area contributed by atoms with E-state index >= 15 is 0 Å². The van der Waals surface area contributed by atoms with Gasteiger partial charge in [-0.15, -0.1) is 0 Å². The zero-order valence-corrected chi connectivity index (χ0v) is 12.2. The Balaban J connectivity index is 1.55. The lowest BCUT2D eigenvalue weighted by Gasteiger charge is -2.22. The first-order valence-electron chi connectivity index (χ1n) is 6.96. The average Bonchev–Trinajstić information content (AvgIpc) is 3.12. The highest BCUT2D eigenvalue weighted by Crippen LogP contribution is 2.48. The van der Waals surface area contributed by atoms with E-state index in [4.69, 9.17) is 11.6 Å². The lowest BCUT2D eigenvalue weighted by atomic mass is 9.89. The topological polar surface area (TPSA) is 37.8 Å². The van der Waals surface area contributed by atoms with Crippen molar-refractivity contribution < 1.29 is 0 Å². The third kappa shape index (κ3) is 2.01. The maximum atomic E-state index is 6.30. The SMILES string of the molecule is Clc1ccc2nsnc2c1NCC1CC2CCC1C2. The number of benzene rings is 1. The van der Waals surface area contributed by atoms with Gasteiger partial charge in [0.05, 0.1) is 22.4 Å². The summed E-state index contributed by atoms with van der Waals surface area (Å²) in [6.45, 7) is 1.03. The van der Waals surface area contributed by atoms with Crippen LogP contribution in [0.15, 0.2) is 12.1 Å². The molecule has 0 saturated heterocycles. The molecule has 1 heterocycles. The molecule has 2 bridgehead atoms. The number of halogens is 1. The molecule has 2 aromatic rings. The molecular weight excluding hydrogens is 278 g/mol. The molecule has 0 spiro atoms. The molecule has 3 nitrogen and oxygen atoms in total. The molecule has 2 fully saturated rings. The molecule has 0 radical (unpaired) electrons. The van der Waals surface area contributed by atoms with Crippen LogP contribution in [0.25, 0.3) is 11.0 Å². The fourth-order valence-corrected chi connectivity index (χ4v) is 4.62. The number of hydrogen-bond acceptors (Lipinski definition) is 4. The number of nitrogens with one attached hydrogen (secondary N) is 1. The van der Waals surface area contributed by atoms with Gasteiger partial charge in [-0.1, -0.05) is 18.0 Å². The highest BCUT2D eigenvalue weighted by Gasteiger charge is 2.39. The minimum atomic E-state index is 0.753. The van der Waals surface area contributed by atoms with Gasteiger partial charge >= 0.3 is 0 Å². The highest BCUT2D eigenvalue weighted by atomic mass is 35.5. The number of aromatic nitrogens is 2. The minimum absolute atomic E-state index is 0.753. The second kappa shape index (κ2) is 4.60. The van der Waals surface area contributed by atoms with E-state index in [-0.39, 0.29) is 0 Å². The summed E-state index contributed by atoms with van der Waals surface area (Å²) >= 11 is 7.55. The van der Waals surface area contributed by atoms with E-state index in [0.29, 0.717) is 0 Å². The fraction of sp³-hybridized carbons (Fsp3) is 0.571. The van der Waals surface area contributed by atoms with Gasteiger partial charge in [0.1, 0.15) is 11.0 Å². The van der Waals surface area contributed by atoms with Gasteiger partial charge in [0, 0.05) is 6.54 Å². The third-order valence-electron chi connectivity index (χ3n) is 4.80. The first-order valence-corrected chi connectivity index (χ1v) is 8.06. The van der Waals surface area contributed by atoms with Gasteiger partial charge in [0.2, 0.25) is 0 Å². The Morgan fingerprint density at radius 3 is 3.00 bits per heavy atom. The smallest absolute Gasteiger partial charge is 0.129 e. The van der Waals surface area contributed by atoms with Crippen LogP contribution >= 0.6 is 23.3 Å². The predicted molar refractivity (Wildman–Crippen MR) is 79.9 cm³/mol. The summed E-state index contributed by atoms with van der Waals surface area (Å²) in [7, 11) is 0. The molecule has 19 heavy (non-hydrogen) atoms. The average molecular weight is 294 g/mol. The van der Waals surface area contributed by atoms with Crippen LogP contribution < -0.4 is 5.32 Å². The van der Waals surface area contributed by atoms with Crippen molar-refractivity contribution in [1.82, 2.24) is 8.75 Å². The second-order valence-corrected chi connectivity index (χ2v) is 6.81. The Morgan fingerprint density at radius 1 is 1.26 bits per heavy atom. The first kappa shape index (κ1) is 11.9. The summed E-state index contributed by atoms with van der Waals surface area (Å²) in [5.74, 6) is 2.74. The molecule has 1 aromatic heterocycles. The third-order valence-corrected chi connectivity index (χ3v) is 5.66. The Hall–Kier alpha value is -0.870. The number of nitrogens with zero attached hydrogens (tertiary/aromatic N) is 2. The standard InChI is InChI=1S/C14H16ClN3S/c15-11-3-4-12-14(18-19-17-12)13(11)16-7-10-6-8-1-2-9(10)5-8/h3-4,8-10,16H,1-2,5-7H2. The van der Waals surface area contributed by atoms with Gasteiger partial charge in [0.25, 0.3) is 0 Å². The van der Waals surface area contributed by atoms with Crippen molar-refractivity contribution in [2.75, 3.05) is 11.9 Å². The molecule has 1 aromatic carbocycles. The minimum Gasteiger partial charge on any atom is -0.382 e. The molecule has 100 valence electrons. The van der Waals surface area contributed by atoms with Gasteiger partial charge < -0.3 is 5.32 Å². The fourth-order valence-electron chi connectivity index (χ4n) is 3.85. The number of hydrogen-bond donors (Lipinski definition) is 1. The first-order chi connectivity index (χ1) is 9.31. The van der Waals surface area contributed by atoms with Crippen LogP contribution in [0.5, 0.6) is 0 Å². The Morgan fingerprint density at radius 2 is 2.21 bits per heavy atom. The molecule has 3 unspecified atom stereocenters. The molecule has 2 aliphatic rings. The molecular formula is C14H16ClN3S. The monoisotopic (exact) mass is 293 g/mol. The molecule has 3 atom stereocenters. The molecule has 4 rings (SSSR count). The van der Waals surface area contributed by atoms with E-state index in [9.17, 15) is 0 Å². The quantitative estimate of drug-likeness (QED) is 0.922. The number of fused-ring (bicyclic) bond motifs is 3. The molecule has 0 amide bonds. The molecule has 2 aliphatic carbocycles. The summed E-state index contributed by atoms with van der Waals surface area (Å²) in [5.41, 5.74) is 2.82. The largest absolute Gasteiger partial charge is 0.382 e. The lowest BCUT2D eigenvalue weighted by Crippen LogP contribution is -2.20. The zero-order valence-electron chi connectivity index (χ0n) is 10.6. The van der Waals surface area contributed by atoms with Crippen LogP contribution in [0, 0.1) is 17.8 Å². The van der Waals surface area contributed by atoms with Crippen molar-refractivity contribution in [3.8, 4) is 0 Å². The van der Waals surface area contributed by atoms with E-state index < -0.39 is 0 Å². The molecule has 2 saturated carbocycles. The van der Waals surface area contributed by atoms with Crippen molar-refractivity contribution >= 4 is 40.0 Å². The summed E-state index contributed by atoms with van der Waals surface area (Å²) in [6.07, 6.45) is 5.71. The van der Waals surface area contributed by atoms with E-state index in [1.165, 1.54) is 37.4 Å². The second-order valence-electron chi connectivity index (χ2n) is 5.87. The van der Waals surface area contributed by atoms with Gasteiger partial charge in [-0.25, -0.2) is 0 Å². The summed E-state index contributed by atoms with van der Waals surface area (Å²) in [5, 5.41) is 4.29. The number of rotatable bonds is 3. The Kier molecular flexibility index (Phi) is 2.88. The van der Waals surface area contributed by atoms with Crippen LogP contribution in [0.1, 0.15) is 25.7 Å². The Bertz CT molecular complexity index is 612. The number of anilines is 1. The van der Waals surface area contributed by atoms with E-state index in [1.807, 2.05) is 12.1 Å². The zero-order chi connectivity index (χ0) is 12.8. The van der Waals surface area contributed by atoms with E-state index in [2.05, 4.69) is 14.1 Å². The van der Waals surface area contributed by atoms with Crippen molar-refractivity contribution in [2.24, 2.45) is 17.8 Å². The van der Waals surface area contributed by atoms with Crippen LogP contribution in [0.4, 0.5) is 5.69 Å². The Labute approximate surface area is 121 Å². The lowest BCUT2D eigenvalue weighted by molar-refractivity contribution is 0.348. The molecule has 1 N–H and O–H groups in total. The molecule has 5 heteroatoms. The van der Waals surface area contributed by atoms with Crippen molar-refractivity contribution in [1.29, 1.82) is 0 Å². The van der Waals surface area contributed by atoms with Crippen LogP contribution in [-0.2, 0) is 0 Å². The van der Waals surface area contributed by atoms with Crippen molar-refractivity contribution in [3.05, 3.63) is 17.2 Å². The maximum Gasteiger partial charge on any atom is 0.129 e. The van der Waals surface area contributed by atoms with E-state index in [1.54, 1.807) is 0 Å². The van der Waals surface area contributed by atoms with Gasteiger partial charge in [-0.3, -0.25) is 0 Å². The summed E-state index contributed by atoms with van der Waals surface area (Å²) in [6, 6.07) is 3.85. The van der Waals surface area contributed by atoms with Gasteiger partial charge in [-0.05, 0) is 49.1 Å². The summed E-state index contributed by atoms with van der Waals surface area (Å²) in [4.78, 5) is 0. The van der Waals surface area contributed by atoms with Gasteiger partial charge in [0.15, 0.2) is 0 Å². The van der Waals surface area contributed by atoms with Crippen LogP contribution in [-0.4, -0.2) is 15.3 Å². The van der Waals surface area contributed by atoms with Gasteiger partial charge in [-0.2, -0.15) is 8.75 Å². The van der Waals surface area contributed by atoms with Crippen molar-refractivity contribution in [2.45, 2.75) is 25.7 Å². The highest BCUT2D eigenvalue weighted by molar-refractivity contribution is 7.00. The summed E-state index contributed by atoms with van der Waals surface area (Å²) < 4.78 is 8.63. The van der Waals surface area contributed by atoms with Crippen LogP contribution in [0.2, 0.25) is 5.02 Å². The predicted octanol–water partition coefficient (Wildman–Crippen LogP) is 4.19.